The molecule has 32 heavy (non-hydrogen) atoms. The lowest BCUT2D eigenvalue weighted by Crippen LogP contribution is -2.20. The van der Waals surface area contributed by atoms with Gasteiger partial charge in [0, 0.05) is 30.1 Å². The van der Waals surface area contributed by atoms with Crippen molar-refractivity contribution in [2.24, 2.45) is 18.7 Å². The molecule has 1 amide bonds. The third-order valence-electron chi connectivity index (χ3n) is 7.26. The first-order valence-electron chi connectivity index (χ1n) is 11.2. The van der Waals surface area contributed by atoms with Crippen LogP contribution < -0.4 is 5.73 Å². The summed E-state index contributed by atoms with van der Waals surface area (Å²) in [5.41, 5.74) is 9.80. The Morgan fingerprint density at radius 2 is 1.88 bits per heavy atom. The van der Waals surface area contributed by atoms with Crippen LogP contribution in [0.25, 0.3) is 21.9 Å². The summed E-state index contributed by atoms with van der Waals surface area (Å²) < 4.78 is 16.0. The van der Waals surface area contributed by atoms with Gasteiger partial charge in [-0.05, 0) is 85.5 Å². The van der Waals surface area contributed by atoms with E-state index in [4.69, 9.17) is 10.7 Å². The number of fused-ring (bicyclic) bond motifs is 2. The molecule has 1 unspecified atom stereocenters. The maximum atomic E-state index is 13.9. The molecule has 164 valence electrons. The Balaban J connectivity index is 1.36. The smallest absolute Gasteiger partial charge is 0.248 e. The number of hydrogen-bond acceptors (Lipinski definition) is 3. The van der Waals surface area contributed by atoms with Crippen LogP contribution in [0.1, 0.15) is 66.2 Å². The maximum absolute atomic E-state index is 13.9. The summed E-state index contributed by atoms with van der Waals surface area (Å²) in [6, 6.07) is 12.4. The van der Waals surface area contributed by atoms with E-state index >= 15 is 0 Å². The molecule has 0 aliphatic heterocycles. The number of pyridine rings is 1. The monoisotopic (exact) mass is 430 g/mol. The molecule has 2 N–H and O–H groups in total. The average molecular weight is 431 g/mol. The fourth-order valence-corrected chi connectivity index (χ4v) is 5.42. The van der Waals surface area contributed by atoms with E-state index in [0.29, 0.717) is 23.3 Å². The molecule has 6 heteroatoms. The lowest BCUT2D eigenvalue weighted by molar-refractivity contribution is 0.100. The van der Waals surface area contributed by atoms with Gasteiger partial charge in [-0.15, -0.1) is 0 Å². The highest BCUT2D eigenvalue weighted by molar-refractivity contribution is 5.96. The molecule has 5 nitrogen and oxygen atoms in total. The van der Waals surface area contributed by atoms with Gasteiger partial charge in [0.05, 0.1) is 16.6 Å². The number of amides is 1. The molecule has 4 aromatic rings. The number of carbonyl (C=O) groups excluding carboxylic acids is 1. The Morgan fingerprint density at radius 3 is 2.62 bits per heavy atom. The number of rotatable bonds is 4. The van der Waals surface area contributed by atoms with Crippen molar-refractivity contribution in [3.8, 4) is 0 Å². The van der Waals surface area contributed by atoms with Gasteiger partial charge in [-0.2, -0.15) is 0 Å². The van der Waals surface area contributed by atoms with Crippen molar-refractivity contribution in [1.82, 2.24) is 14.5 Å². The van der Waals surface area contributed by atoms with Crippen molar-refractivity contribution in [3.63, 3.8) is 0 Å². The molecule has 2 heterocycles. The molecule has 0 bridgehead atoms. The fraction of sp³-hybridized carbons (Fsp3) is 0.346. The highest BCUT2D eigenvalue weighted by Gasteiger charge is 2.30. The van der Waals surface area contributed by atoms with E-state index in [1.807, 2.05) is 19.3 Å². The van der Waals surface area contributed by atoms with E-state index in [1.54, 1.807) is 24.3 Å². The van der Waals surface area contributed by atoms with Crippen molar-refractivity contribution >= 4 is 27.8 Å². The zero-order chi connectivity index (χ0) is 22.4. The SMILES string of the molecule is CC(c1nc2cc(C(N)=O)ccc2n1C)C1CCC(c2ccnc3ccc(F)cc23)CC1. The zero-order valence-electron chi connectivity index (χ0n) is 18.4. The number of imidazole rings is 1. The number of aryl methyl sites for hydroxylation is 1. The number of halogens is 1. The molecule has 1 saturated carbocycles. The van der Waals surface area contributed by atoms with Crippen LogP contribution >= 0.6 is 0 Å². The van der Waals surface area contributed by atoms with Crippen molar-refractivity contribution in [3.05, 3.63) is 71.4 Å². The van der Waals surface area contributed by atoms with E-state index in [0.717, 1.165) is 53.4 Å². The summed E-state index contributed by atoms with van der Waals surface area (Å²) in [7, 11) is 2.04. The first-order valence-corrected chi connectivity index (χ1v) is 11.2. The van der Waals surface area contributed by atoms with E-state index in [9.17, 15) is 9.18 Å². The Kier molecular flexibility index (Phi) is 5.16. The summed E-state index contributed by atoms with van der Waals surface area (Å²) >= 11 is 0. The Hall–Kier alpha value is -3.28. The number of carbonyl (C=O) groups is 1. The van der Waals surface area contributed by atoms with Crippen LogP contribution in [0.3, 0.4) is 0 Å². The van der Waals surface area contributed by atoms with Crippen LogP contribution in [0, 0.1) is 11.7 Å². The van der Waals surface area contributed by atoms with Crippen LogP contribution in [0.2, 0.25) is 0 Å². The Labute approximate surface area is 186 Å². The summed E-state index contributed by atoms with van der Waals surface area (Å²) in [6.07, 6.45) is 6.17. The van der Waals surface area contributed by atoms with Gasteiger partial charge < -0.3 is 10.3 Å². The van der Waals surface area contributed by atoms with Crippen LogP contribution in [0.4, 0.5) is 4.39 Å². The Morgan fingerprint density at radius 1 is 1.09 bits per heavy atom. The molecular weight excluding hydrogens is 403 g/mol. The van der Waals surface area contributed by atoms with E-state index in [2.05, 4.69) is 22.5 Å². The van der Waals surface area contributed by atoms with Crippen molar-refractivity contribution in [1.29, 1.82) is 0 Å². The van der Waals surface area contributed by atoms with Crippen LogP contribution in [-0.4, -0.2) is 20.4 Å². The summed E-state index contributed by atoms with van der Waals surface area (Å²) in [5.74, 6) is 1.65. The fourth-order valence-electron chi connectivity index (χ4n) is 5.42. The number of nitrogens with two attached hydrogens (primary N) is 1. The molecule has 5 rings (SSSR count). The van der Waals surface area contributed by atoms with Crippen LogP contribution in [0.15, 0.2) is 48.7 Å². The third kappa shape index (κ3) is 3.53. The van der Waals surface area contributed by atoms with Gasteiger partial charge in [0.25, 0.3) is 0 Å². The third-order valence-corrected chi connectivity index (χ3v) is 7.26. The van der Waals surface area contributed by atoms with Crippen molar-refractivity contribution in [2.75, 3.05) is 0 Å². The molecule has 1 fully saturated rings. The number of aromatic nitrogens is 3. The highest BCUT2D eigenvalue weighted by Crippen LogP contribution is 2.43. The van der Waals surface area contributed by atoms with Gasteiger partial charge in [0.2, 0.25) is 5.91 Å². The topological polar surface area (TPSA) is 73.8 Å². The van der Waals surface area contributed by atoms with Gasteiger partial charge in [-0.3, -0.25) is 9.78 Å². The first kappa shape index (κ1) is 20.6. The lowest BCUT2D eigenvalue weighted by atomic mass is 9.73. The van der Waals surface area contributed by atoms with Gasteiger partial charge >= 0.3 is 0 Å². The average Bonchev–Trinajstić information content (AvgIpc) is 3.14. The van der Waals surface area contributed by atoms with E-state index in [1.165, 1.54) is 11.6 Å². The van der Waals surface area contributed by atoms with Crippen LogP contribution in [-0.2, 0) is 7.05 Å². The van der Waals surface area contributed by atoms with Gasteiger partial charge in [-0.1, -0.05) is 6.92 Å². The largest absolute Gasteiger partial charge is 0.366 e. The molecule has 2 aromatic heterocycles. The standard InChI is InChI=1S/C26H27FN4O/c1-15(26-30-23-13-18(25(28)32)7-10-24(23)31(26)2)16-3-5-17(6-4-16)20-11-12-29-22-9-8-19(27)14-21(20)22/h7-17H,3-6H2,1-2H3,(H2,28,32). The molecule has 2 aromatic carbocycles. The van der Waals surface area contributed by atoms with Gasteiger partial charge in [-0.25, -0.2) is 9.37 Å². The second kappa shape index (κ2) is 8.01. The zero-order valence-corrected chi connectivity index (χ0v) is 18.4. The minimum Gasteiger partial charge on any atom is -0.366 e. The van der Waals surface area contributed by atoms with E-state index in [-0.39, 0.29) is 5.82 Å². The highest BCUT2D eigenvalue weighted by atomic mass is 19.1. The van der Waals surface area contributed by atoms with Crippen molar-refractivity contribution < 1.29 is 9.18 Å². The first-order chi connectivity index (χ1) is 15.4. The minimum atomic E-state index is -0.436. The van der Waals surface area contributed by atoms with E-state index < -0.39 is 5.91 Å². The summed E-state index contributed by atoms with van der Waals surface area (Å²) in [5, 5.41) is 0.935. The van der Waals surface area contributed by atoms with Crippen LogP contribution in [0.5, 0.6) is 0 Å². The number of benzene rings is 2. The van der Waals surface area contributed by atoms with Gasteiger partial charge in [0.15, 0.2) is 0 Å². The predicted octanol–water partition coefficient (Wildman–Crippen LogP) is 5.44. The molecular formula is C26H27FN4O. The molecule has 0 radical (unpaired) electrons. The lowest BCUT2D eigenvalue weighted by Gasteiger charge is -2.32. The van der Waals surface area contributed by atoms with Gasteiger partial charge in [0.1, 0.15) is 11.6 Å². The molecule has 0 saturated heterocycles. The molecule has 1 atom stereocenters. The molecule has 0 spiro atoms. The Bertz CT molecular complexity index is 1320. The summed E-state index contributed by atoms with van der Waals surface area (Å²) in [4.78, 5) is 20.8. The normalized spacial score (nSPS) is 20.0. The second-order valence-corrected chi connectivity index (χ2v) is 9.06. The number of hydrogen-bond donors (Lipinski definition) is 1. The minimum absolute atomic E-state index is 0.213. The molecule has 1 aliphatic carbocycles. The second-order valence-electron chi connectivity index (χ2n) is 9.06. The summed E-state index contributed by atoms with van der Waals surface area (Å²) in [6.45, 7) is 2.25. The quantitative estimate of drug-likeness (QED) is 0.469. The molecule has 1 aliphatic rings. The predicted molar refractivity (Wildman–Crippen MR) is 124 cm³/mol. The maximum Gasteiger partial charge on any atom is 0.248 e. The van der Waals surface area contributed by atoms with Crippen molar-refractivity contribution in [2.45, 2.75) is 44.4 Å². The number of primary amides is 1. The number of nitrogens with zero attached hydrogens (tertiary/aromatic N) is 3.